The second kappa shape index (κ2) is 6.62. The van der Waals surface area contributed by atoms with Gasteiger partial charge in [0.1, 0.15) is 17.1 Å². The van der Waals surface area contributed by atoms with E-state index in [1.807, 2.05) is 0 Å². The minimum absolute atomic E-state index is 0.166. The maximum absolute atomic E-state index is 13.5. The van der Waals surface area contributed by atoms with Gasteiger partial charge in [-0.1, -0.05) is 24.2 Å². The average Bonchev–Trinajstić information content (AvgIpc) is 3.12. The van der Waals surface area contributed by atoms with Crippen LogP contribution in [-0.4, -0.2) is 27.2 Å². The molecule has 0 saturated carbocycles. The molecule has 3 rings (SSSR count). The van der Waals surface area contributed by atoms with Crippen LogP contribution >= 0.6 is 0 Å². The summed E-state index contributed by atoms with van der Waals surface area (Å²) >= 11 is 0. The van der Waals surface area contributed by atoms with E-state index in [0.717, 1.165) is 4.57 Å². The van der Waals surface area contributed by atoms with Crippen molar-refractivity contribution in [3.63, 3.8) is 0 Å². The van der Waals surface area contributed by atoms with Crippen LogP contribution in [0.1, 0.15) is 47.0 Å². The lowest BCUT2D eigenvalue weighted by molar-refractivity contribution is 0.0704. The fourth-order valence-corrected chi connectivity index (χ4v) is 2.85. The summed E-state index contributed by atoms with van der Waals surface area (Å²) in [4.78, 5) is 16.6. The number of amides is 1. The highest BCUT2D eigenvalue weighted by Gasteiger charge is 2.23. The van der Waals surface area contributed by atoms with E-state index in [-0.39, 0.29) is 18.3 Å². The minimum atomic E-state index is -2.71. The summed E-state index contributed by atoms with van der Waals surface area (Å²) < 4.78 is 32.9. The van der Waals surface area contributed by atoms with Crippen LogP contribution in [0.4, 0.5) is 8.78 Å². The number of fused-ring (bicyclic) bond motifs is 1. The molecule has 1 amide bonds. The Labute approximate surface area is 142 Å². The van der Waals surface area contributed by atoms with Gasteiger partial charge in [-0.3, -0.25) is 9.36 Å². The molecule has 8 heteroatoms. The topological polar surface area (TPSA) is 73.0 Å². The predicted octanol–water partition coefficient (Wildman–Crippen LogP) is 3.57. The van der Waals surface area contributed by atoms with Crippen molar-refractivity contribution in [3.05, 3.63) is 47.1 Å². The van der Waals surface area contributed by atoms with Crippen molar-refractivity contribution in [3.8, 4) is 0 Å². The molecule has 0 aliphatic carbocycles. The molecule has 2 aromatic heterocycles. The molecule has 0 fully saturated rings. The summed E-state index contributed by atoms with van der Waals surface area (Å²) in [5.74, 6) is -0.0913. The van der Waals surface area contributed by atoms with Gasteiger partial charge in [0.2, 0.25) is 0 Å². The Morgan fingerprint density at radius 1 is 1.32 bits per heavy atom. The largest absolute Gasteiger partial charge is 0.361 e. The molecule has 1 aromatic carbocycles. The Kier molecular flexibility index (Phi) is 4.52. The van der Waals surface area contributed by atoms with E-state index in [2.05, 4.69) is 15.5 Å². The number of benzene rings is 1. The van der Waals surface area contributed by atoms with Gasteiger partial charge in [-0.2, -0.15) is 8.78 Å². The van der Waals surface area contributed by atoms with Gasteiger partial charge in [0.15, 0.2) is 0 Å². The average molecular weight is 348 g/mol. The van der Waals surface area contributed by atoms with E-state index < -0.39 is 12.5 Å². The SMILES string of the molecule is Cc1noc(C)c1C(=O)NC[C@@H](C)c1nc2ccccc2n1C(F)F. The lowest BCUT2D eigenvalue weighted by Gasteiger charge is -2.15. The molecular weight excluding hydrogens is 330 g/mol. The third-order valence-electron chi connectivity index (χ3n) is 4.09. The van der Waals surface area contributed by atoms with Crippen LogP contribution in [0.5, 0.6) is 0 Å². The van der Waals surface area contributed by atoms with Crippen LogP contribution in [0.15, 0.2) is 28.8 Å². The summed E-state index contributed by atoms with van der Waals surface area (Å²) in [5, 5.41) is 6.48. The van der Waals surface area contributed by atoms with Gasteiger partial charge < -0.3 is 9.84 Å². The van der Waals surface area contributed by atoms with E-state index in [4.69, 9.17) is 4.52 Å². The van der Waals surface area contributed by atoms with Crippen LogP contribution in [0.25, 0.3) is 11.0 Å². The summed E-state index contributed by atoms with van der Waals surface area (Å²) in [6.45, 7) is 2.52. The van der Waals surface area contributed by atoms with E-state index in [9.17, 15) is 13.6 Å². The second-order valence-electron chi connectivity index (χ2n) is 5.92. The monoisotopic (exact) mass is 348 g/mol. The number of carbonyl (C=O) groups is 1. The molecule has 0 saturated heterocycles. The van der Waals surface area contributed by atoms with Crippen molar-refractivity contribution in [1.29, 1.82) is 0 Å². The Bertz CT molecular complexity index is 897. The number of aryl methyl sites for hydroxylation is 2. The third kappa shape index (κ3) is 3.11. The predicted molar refractivity (Wildman–Crippen MR) is 87.7 cm³/mol. The van der Waals surface area contributed by atoms with Crippen LogP contribution in [0.2, 0.25) is 0 Å². The molecule has 0 bridgehead atoms. The first-order valence-corrected chi connectivity index (χ1v) is 7.86. The number of aromatic nitrogens is 3. The van der Waals surface area contributed by atoms with E-state index in [1.54, 1.807) is 45.0 Å². The van der Waals surface area contributed by atoms with Gasteiger partial charge in [0, 0.05) is 12.5 Å². The molecule has 0 radical (unpaired) electrons. The fourth-order valence-electron chi connectivity index (χ4n) is 2.85. The minimum Gasteiger partial charge on any atom is -0.361 e. The van der Waals surface area contributed by atoms with Crippen molar-refractivity contribution >= 4 is 16.9 Å². The first-order valence-electron chi connectivity index (χ1n) is 7.86. The van der Waals surface area contributed by atoms with Gasteiger partial charge in [-0.15, -0.1) is 0 Å². The van der Waals surface area contributed by atoms with E-state index in [0.29, 0.717) is 28.1 Å². The number of nitrogens with one attached hydrogen (secondary N) is 1. The lowest BCUT2D eigenvalue weighted by atomic mass is 10.1. The summed E-state index contributed by atoms with van der Waals surface area (Å²) in [6.07, 6.45) is 0. The first-order chi connectivity index (χ1) is 11.9. The highest BCUT2D eigenvalue weighted by molar-refractivity contribution is 5.96. The second-order valence-corrected chi connectivity index (χ2v) is 5.92. The zero-order chi connectivity index (χ0) is 18.1. The van der Waals surface area contributed by atoms with Gasteiger partial charge >= 0.3 is 6.55 Å². The van der Waals surface area contributed by atoms with Crippen molar-refractivity contribution < 1.29 is 18.1 Å². The molecule has 0 unspecified atom stereocenters. The van der Waals surface area contributed by atoms with Crippen LogP contribution in [0, 0.1) is 13.8 Å². The molecule has 25 heavy (non-hydrogen) atoms. The number of rotatable bonds is 5. The number of hydrogen-bond acceptors (Lipinski definition) is 4. The third-order valence-corrected chi connectivity index (χ3v) is 4.09. The van der Waals surface area contributed by atoms with Crippen LogP contribution in [0.3, 0.4) is 0 Å². The zero-order valence-corrected chi connectivity index (χ0v) is 14.1. The van der Waals surface area contributed by atoms with Crippen molar-refractivity contribution in [2.75, 3.05) is 6.54 Å². The number of carbonyl (C=O) groups excluding carboxylic acids is 1. The molecule has 0 aliphatic heterocycles. The zero-order valence-electron chi connectivity index (χ0n) is 14.1. The van der Waals surface area contributed by atoms with Gasteiger partial charge in [-0.05, 0) is 26.0 Å². The normalized spacial score (nSPS) is 12.7. The quantitative estimate of drug-likeness (QED) is 0.765. The Morgan fingerprint density at radius 3 is 2.68 bits per heavy atom. The Balaban J connectivity index is 1.82. The van der Waals surface area contributed by atoms with Gasteiger partial charge in [-0.25, -0.2) is 4.98 Å². The molecule has 6 nitrogen and oxygen atoms in total. The molecule has 1 N–H and O–H groups in total. The summed E-state index contributed by atoms with van der Waals surface area (Å²) in [7, 11) is 0. The smallest absolute Gasteiger partial charge is 0.320 e. The van der Waals surface area contributed by atoms with E-state index in [1.165, 1.54) is 0 Å². The molecule has 1 atom stereocenters. The molecular formula is C17H18F2N4O2. The molecule has 3 aromatic rings. The Morgan fingerprint density at radius 2 is 2.04 bits per heavy atom. The number of imidazole rings is 1. The first kappa shape index (κ1) is 17.1. The Hall–Kier alpha value is -2.77. The molecule has 0 aliphatic rings. The molecule has 2 heterocycles. The molecule has 0 spiro atoms. The summed E-state index contributed by atoms with van der Waals surface area (Å²) in [6, 6.07) is 6.73. The molecule has 132 valence electrons. The van der Waals surface area contributed by atoms with Gasteiger partial charge in [0.05, 0.1) is 16.7 Å². The van der Waals surface area contributed by atoms with Crippen molar-refractivity contribution in [1.82, 2.24) is 20.0 Å². The maximum atomic E-state index is 13.5. The number of nitrogens with zero attached hydrogens (tertiary/aromatic N) is 3. The van der Waals surface area contributed by atoms with Crippen LogP contribution < -0.4 is 5.32 Å². The lowest BCUT2D eigenvalue weighted by Crippen LogP contribution is -2.29. The number of alkyl halides is 2. The maximum Gasteiger partial charge on any atom is 0.320 e. The van der Waals surface area contributed by atoms with Crippen molar-refractivity contribution in [2.24, 2.45) is 0 Å². The van der Waals surface area contributed by atoms with Crippen molar-refractivity contribution in [2.45, 2.75) is 33.2 Å². The highest BCUT2D eigenvalue weighted by atomic mass is 19.3. The summed E-state index contributed by atoms with van der Waals surface area (Å²) in [5.41, 5.74) is 1.73. The van der Waals surface area contributed by atoms with Crippen LogP contribution in [-0.2, 0) is 0 Å². The standard InChI is InChI=1S/C17H18F2N4O2/c1-9(8-20-16(24)14-10(2)22-25-11(14)3)15-21-12-6-4-5-7-13(12)23(15)17(18)19/h4-7,9,17H,8H2,1-3H3,(H,20,24)/t9-/m1/s1. The highest BCUT2D eigenvalue weighted by Crippen LogP contribution is 2.27. The number of hydrogen-bond donors (Lipinski definition) is 1. The van der Waals surface area contributed by atoms with E-state index >= 15 is 0 Å². The fraction of sp³-hybridized carbons (Fsp3) is 0.353. The van der Waals surface area contributed by atoms with Gasteiger partial charge in [0.25, 0.3) is 5.91 Å². The number of para-hydroxylation sites is 2. The number of halogens is 2.